The predicted octanol–water partition coefficient (Wildman–Crippen LogP) is 4.99. The molecule has 5 rings (SSSR count). The fraction of sp³-hybridized carbons (Fsp3) is 0.0968. The normalized spacial score (nSPS) is 11.8. The molecule has 1 unspecified atom stereocenters. The van der Waals surface area contributed by atoms with Crippen LogP contribution in [0.2, 0.25) is 0 Å². The van der Waals surface area contributed by atoms with Crippen LogP contribution < -0.4 is 14.6 Å². The molecule has 0 aliphatic rings. The van der Waals surface area contributed by atoms with E-state index in [1.54, 1.807) is 24.3 Å². The van der Waals surface area contributed by atoms with Crippen molar-refractivity contribution < 1.29 is 28.9 Å². The van der Waals surface area contributed by atoms with Crippen molar-refractivity contribution in [3.63, 3.8) is 0 Å². The van der Waals surface area contributed by atoms with E-state index >= 15 is 0 Å². The number of pyridine rings is 1. The van der Waals surface area contributed by atoms with Crippen LogP contribution in [0, 0.1) is 5.82 Å². The molecule has 1 aromatic heterocycles. The SMILES string of the molecule is O=C(O)c1ccc(C[NH+](Cc2cccc(F)c2)c2ccc(OCc3ccc4ccccc4[nH+]3)cc2)cc1. The van der Waals surface area contributed by atoms with Crippen LogP contribution in [0.25, 0.3) is 10.9 Å². The zero-order valence-corrected chi connectivity index (χ0v) is 20.2. The Morgan fingerprint density at radius 3 is 2.32 bits per heavy atom. The maximum absolute atomic E-state index is 13.8. The first-order chi connectivity index (χ1) is 18.0. The molecule has 0 spiro atoms. The number of aromatic carboxylic acids is 1. The number of carboxylic acid groups (broad SMARTS) is 1. The fourth-order valence-corrected chi connectivity index (χ4v) is 4.36. The molecule has 5 nitrogen and oxygen atoms in total. The van der Waals surface area contributed by atoms with E-state index in [9.17, 15) is 14.3 Å². The van der Waals surface area contributed by atoms with Gasteiger partial charge in [0.15, 0.2) is 6.61 Å². The van der Waals surface area contributed by atoms with Gasteiger partial charge in [0.05, 0.1) is 5.56 Å². The lowest BCUT2D eigenvalue weighted by Gasteiger charge is -2.20. The number of carbonyl (C=O) groups is 1. The van der Waals surface area contributed by atoms with Gasteiger partial charge in [-0.3, -0.25) is 4.90 Å². The van der Waals surface area contributed by atoms with Crippen LogP contribution in [-0.4, -0.2) is 11.1 Å². The number of nitrogens with one attached hydrogen (secondary N) is 2. The number of aromatic nitrogens is 1. The maximum Gasteiger partial charge on any atom is 0.335 e. The van der Waals surface area contributed by atoms with Gasteiger partial charge < -0.3 is 9.84 Å². The Kier molecular flexibility index (Phi) is 7.19. The fourth-order valence-electron chi connectivity index (χ4n) is 4.36. The molecule has 3 N–H and O–H groups in total. The molecule has 6 heteroatoms. The van der Waals surface area contributed by atoms with E-state index in [4.69, 9.17) is 4.74 Å². The number of fused-ring (bicyclic) bond motifs is 1. The van der Waals surface area contributed by atoms with E-state index in [0.29, 0.717) is 19.7 Å². The topological polar surface area (TPSA) is 65.1 Å². The highest BCUT2D eigenvalue weighted by atomic mass is 19.1. The first kappa shape index (κ1) is 24.2. The molecular weight excluding hydrogens is 467 g/mol. The number of aromatic amines is 1. The number of hydrogen-bond acceptors (Lipinski definition) is 2. The molecule has 0 bridgehead atoms. The lowest BCUT2D eigenvalue weighted by molar-refractivity contribution is -0.862. The molecular formula is C31H27FN2O3+2. The Morgan fingerprint density at radius 1 is 0.811 bits per heavy atom. The van der Waals surface area contributed by atoms with E-state index in [-0.39, 0.29) is 11.4 Å². The summed E-state index contributed by atoms with van der Waals surface area (Å²) in [7, 11) is 0. The molecule has 0 saturated heterocycles. The highest BCUT2D eigenvalue weighted by Crippen LogP contribution is 2.16. The molecule has 0 fully saturated rings. The van der Waals surface area contributed by atoms with Crippen molar-refractivity contribution in [2.24, 2.45) is 0 Å². The molecule has 1 atom stereocenters. The zero-order valence-electron chi connectivity index (χ0n) is 20.2. The van der Waals surface area contributed by atoms with Crippen LogP contribution in [-0.2, 0) is 19.7 Å². The Morgan fingerprint density at radius 2 is 1.57 bits per heavy atom. The van der Waals surface area contributed by atoms with Gasteiger partial charge in [0.1, 0.15) is 30.3 Å². The van der Waals surface area contributed by atoms with Gasteiger partial charge in [-0.05, 0) is 48.5 Å². The van der Waals surface area contributed by atoms with Crippen molar-refractivity contribution in [1.29, 1.82) is 0 Å². The van der Waals surface area contributed by atoms with Crippen molar-refractivity contribution in [3.05, 3.63) is 137 Å². The molecule has 184 valence electrons. The second-order valence-electron chi connectivity index (χ2n) is 8.97. The van der Waals surface area contributed by atoms with Gasteiger partial charge in [-0.1, -0.05) is 36.4 Å². The standard InChI is InChI=1S/C31H25FN2O3/c32-26-6-3-4-23(18-26)20-34(19-22-8-10-25(11-9-22)31(35)36)28-14-16-29(17-15-28)37-21-27-13-12-24-5-1-2-7-30(24)33-27/h1-18H,19-21H2,(H,35,36)/p+2. The molecule has 5 aromatic rings. The number of hydrogen-bond donors (Lipinski definition) is 2. The number of benzene rings is 4. The van der Waals surface area contributed by atoms with Gasteiger partial charge in [-0.25, -0.2) is 14.2 Å². The van der Waals surface area contributed by atoms with Gasteiger partial charge in [0.25, 0.3) is 0 Å². The predicted molar refractivity (Wildman–Crippen MR) is 139 cm³/mol. The lowest BCUT2D eigenvalue weighted by atomic mass is 10.1. The van der Waals surface area contributed by atoms with Gasteiger partial charge in [0.2, 0.25) is 11.2 Å². The molecule has 1 heterocycles. The third kappa shape index (κ3) is 6.18. The summed E-state index contributed by atoms with van der Waals surface area (Å²) in [5.41, 5.74) is 5.18. The largest absolute Gasteiger partial charge is 0.483 e. The smallest absolute Gasteiger partial charge is 0.335 e. The van der Waals surface area contributed by atoms with Gasteiger partial charge >= 0.3 is 5.97 Å². The summed E-state index contributed by atoms with van der Waals surface area (Å²) in [4.78, 5) is 15.7. The summed E-state index contributed by atoms with van der Waals surface area (Å²) in [5, 5.41) is 10.3. The first-order valence-electron chi connectivity index (χ1n) is 12.1. The number of carboxylic acids is 1. The van der Waals surface area contributed by atoms with Crippen molar-refractivity contribution in [2.75, 3.05) is 0 Å². The second kappa shape index (κ2) is 11.0. The number of quaternary nitrogens is 1. The molecule has 4 aromatic carbocycles. The van der Waals surface area contributed by atoms with Crippen LogP contribution >= 0.6 is 0 Å². The van der Waals surface area contributed by atoms with E-state index in [0.717, 1.165) is 44.1 Å². The number of halogens is 1. The molecule has 0 aliphatic heterocycles. The third-order valence-corrected chi connectivity index (χ3v) is 6.30. The van der Waals surface area contributed by atoms with Crippen LogP contribution in [0.15, 0.2) is 109 Å². The molecule has 37 heavy (non-hydrogen) atoms. The van der Waals surface area contributed by atoms with Crippen LogP contribution in [0.1, 0.15) is 27.2 Å². The Bertz CT molecular complexity index is 1520. The third-order valence-electron chi connectivity index (χ3n) is 6.30. The average molecular weight is 495 g/mol. The Balaban J connectivity index is 1.32. The Hall–Kier alpha value is -4.55. The summed E-state index contributed by atoms with van der Waals surface area (Å²) in [6, 6.07) is 33.6. The maximum atomic E-state index is 13.8. The molecule has 0 radical (unpaired) electrons. The Labute approximate surface area is 214 Å². The first-order valence-corrected chi connectivity index (χ1v) is 12.1. The van der Waals surface area contributed by atoms with Crippen molar-refractivity contribution in [3.8, 4) is 5.75 Å². The van der Waals surface area contributed by atoms with Crippen LogP contribution in [0.5, 0.6) is 5.75 Å². The lowest BCUT2D eigenvalue weighted by Crippen LogP contribution is -3.04. The number of ether oxygens (including phenoxy) is 1. The monoisotopic (exact) mass is 494 g/mol. The average Bonchev–Trinajstić information content (AvgIpc) is 2.92. The van der Waals surface area contributed by atoms with Crippen LogP contribution in [0.4, 0.5) is 10.1 Å². The zero-order chi connectivity index (χ0) is 25.6. The second-order valence-corrected chi connectivity index (χ2v) is 8.97. The summed E-state index contributed by atoms with van der Waals surface area (Å²) in [6.07, 6.45) is 0. The molecule has 0 saturated carbocycles. The number of rotatable bonds is 9. The molecule has 0 amide bonds. The summed E-state index contributed by atoms with van der Waals surface area (Å²) < 4.78 is 19.9. The van der Waals surface area contributed by atoms with Crippen LogP contribution in [0.3, 0.4) is 0 Å². The van der Waals surface area contributed by atoms with Gasteiger partial charge in [0, 0.05) is 40.8 Å². The van der Waals surface area contributed by atoms with Crippen molar-refractivity contribution in [1.82, 2.24) is 0 Å². The van der Waals surface area contributed by atoms with Crippen molar-refractivity contribution in [2.45, 2.75) is 19.7 Å². The number of H-pyrrole nitrogens is 1. The highest BCUT2D eigenvalue weighted by Gasteiger charge is 2.16. The number of para-hydroxylation sites is 1. The van der Waals surface area contributed by atoms with Gasteiger partial charge in [-0.2, -0.15) is 0 Å². The minimum atomic E-state index is -0.951. The molecule has 0 aliphatic carbocycles. The van der Waals surface area contributed by atoms with E-state index in [2.05, 4.69) is 17.1 Å². The minimum Gasteiger partial charge on any atom is -0.483 e. The summed E-state index contributed by atoms with van der Waals surface area (Å²) in [6.45, 7) is 1.60. The minimum absolute atomic E-state index is 0.251. The van der Waals surface area contributed by atoms with Crippen molar-refractivity contribution >= 4 is 22.6 Å². The quantitative estimate of drug-likeness (QED) is 0.304. The van der Waals surface area contributed by atoms with E-state index in [1.807, 2.05) is 66.7 Å². The summed E-state index contributed by atoms with van der Waals surface area (Å²) in [5.74, 6) is -0.467. The van der Waals surface area contributed by atoms with E-state index in [1.165, 1.54) is 6.07 Å². The highest BCUT2D eigenvalue weighted by molar-refractivity contribution is 5.87. The van der Waals surface area contributed by atoms with E-state index < -0.39 is 5.97 Å². The van der Waals surface area contributed by atoms with Gasteiger partial charge in [-0.15, -0.1) is 0 Å². The summed E-state index contributed by atoms with van der Waals surface area (Å²) >= 11 is 0.